The lowest BCUT2D eigenvalue weighted by molar-refractivity contribution is -0.115. The predicted octanol–water partition coefficient (Wildman–Crippen LogP) is 2.96. The smallest absolute Gasteiger partial charge is 0.251 e. The van der Waals surface area contributed by atoms with Crippen LogP contribution >= 0.6 is 15.9 Å². The summed E-state index contributed by atoms with van der Waals surface area (Å²) >= 11 is 3.27. The second-order valence-electron chi connectivity index (χ2n) is 4.25. The summed E-state index contributed by atoms with van der Waals surface area (Å²) in [5.74, 6) is -1.21. The molecule has 6 heteroatoms. The van der Waals surface area contributed by atoms with Crippen LogP contribution in [0.25, 0.3) is 0 Å². The van der Waals surface area contributed by atoms with Gasteiger partial charge in [0.15, 0.2) is 0 Å². The van der Waals surface area contributed by atoms with E-state index < -0.39 is 11.7 Å². The molecule has 0 atom stereocenters. The molecule has 2 rings (SSSR count). The van der Waals surface area contributed by atoms with Gasteiger partial charge in [-0.05, 0) is 42.5 Å². The van der Waals surface area contributed by atoms with Crippen molar-refractivity contribution in [1.82, 2.24) is 5.32 Å². The van der Waals surface area contributed by atoms with Crippen LogP contribution in [-0.2, 0) is 4.79 Å². The first kappa shape index (κ1) is 15.2. The highest BCUT2D eigenvalue weighted by Gasteiger charge is 2.08. The van der Waals surface area contributed by atoms with Crippen molar-refractivity contribution in [1.29, 1.82) is 0 Å². The molecule has 21 heavy (non-hydrogen) atoms. The number of halogens is 2. The van der Waals surface area contributed by atoms with Gasteiger partial charge >= 0.3 is 0 Å². The maximum absolute atomic E-state index is 13.0. The van der Waals surface area contributed by atoms with Gasteiger partial charge in [-0.15, -0.1) is 0 Å². The Labute approximate surface area is 129 Å². The number of carbonyl (C=O) groups is 2. The molecule has 0 aliphatic carbocycles. The van der Waals surface area contributed by atoms with Crippen molar-refractivity contribution >= 4 is 33.4 Å². The van der Waals surface area contributed by atoms with Crippen molar-refractivity contribution in [3.05, 3.63) is 64.4 Å². The van der Waals surface area contributed by atoms with Crippen LogP contribution in [0.5, 0.6) is 0 Å². The Balaban J connectivity index is 1.86. The minimum atomic E-state index is -0.438. The van der Waals surface area contributed by atoms with E-state index in [-0.39, 0.29) is 12.5 Å². The Morgan fingerprint density at radius 3 is 2.48 bits per heavy atom. The maximum atomic E-state index is 13.0. The third-order valence-corrected chi connectivity index (χ3v) is 3.15. The van der Waals surface area contributed by atoms with Gasteiger partial charge < -0.3 is 10.6 Å². The van der Waals surface area contributed by atoms with Gasteiger partial charge in [0.05, 0.1) is 6.54 Å². The van der Waals surface area contributed by atoms with Gasteiger partial charge in [0.2, 0.25) is 5.91 Å². The Morgan fingerprint density at radius 2 is 1.81 bits per heavy atom. The molecule has 0 spiro atoms. The third-order valence-electron chi connectivity index (χ3n) is 2.62. The molecule has 4 nitrogen and oxygen atoms in total. The zero-order valence-electron chi connectivity index (χ0n) is 10.9. The van der Waals surface area contributed by atoms with Crippen LogP contribution < -0.4 is 10.6 Å². The highest BCUT2D eigenvalue weighted by molar-refractivity contribution is 9.10. The monoisotopic (exact) mass is 350 g/mol. The van der Waals surface area contributed by atoms with Crippen LogP contribution in [0.1, 0.15) is 10.4 Å². The summed E-state index contributed by atoms with van der Waals surface area (Å²) in [7, 11) is 0. The molecule has 2 amide bonds. The lowest BCUT2D eigenvalue weighted by atomic mass is 10.2. The maximum Gasteiger partial charge on any atom is 0.251 e. The molecule has 2 aromatic rings. The van der Waals surface area contributed by atoms with E-state index in [1.165, 1.54) is 18.2 Å². The fourth-order valence-electron chi connectivity index (χ4n) is 1.64. The standard InChI is InChI=1S/C15H12BrFN2O2/c16-11-6-4-10(5-7-11)15(21)18-9-14(20)19-13-3-1-2-12(17)8-13/h1-8H,9H2,(H,18,21)(H,19,20). The quantitative estimate of drug-likeness (QED) is 0.890. The Hall–Kier alpha value is -2.21. The second kappa shape index (κ2) is 6.99. The molecular formula is C15H12BrFN2O2. The van der Waals surface area contributed by atoms with Crippen molar-refractivity contribution in [2.45, 2.75) is 0 Å². The predicted molar refractivity (Wildman–Crippen MR) is 81.5 cm³/mol. The summed E-state index contributed by atoms with van der Waals surface area (Å²) in [6, 6.07) is 12.3. The minimum Gasteiger partial charge on any atom is -0.343 e. The van der Waals surface area contributed by atoms with Gasteiger partial charge in [0.25, 0.3) is 5.91 Å². The van der Waals surface area contributed by atoms with Crippen molar-refractivity contribution in [2.75, 3.05) is 11.9 Å². The number of amides is 2. The SMILES string of the molecule is O=C(CNC(=O)c1ccc(Br)cc1)Nc1cccc(F)c1. The molecule has 0 radical (unpaired) electrons. The summed E-state index contributed by atoms with van der Waals surface area (Å²) in [6.07, 6.45) is 0. The van der Waals surface area contributed by atoms with E-state index >= 15 is 0 Å². The molecule has 0 aliphatic heterocycles. The zero-order valence-corrected chi connectivity index (χ0v) is 12.5. The average Bonchev–Trinajstić information content (AvgIpc) is 2.45. The number of rotatable bonds is 4. The van der Waals surface area contributed by atoms with E-state index in [4.69, 9.17) is 0 Å². The molecule has 0 unspecified atom stereocenters. The first-order chi connectivity index (χ1) is 10.0. The van der Waals surface area contributed by atoms with E-state index in [1.807, 2.05) is 0 Å². The molecule has 0 aromatic heterocycles. The Kier molecular flexibility index (Phi) is 5.05. The van der Waals surface area contributed by atoms with Gasteiger partial charge in [0, 0.05) is 15.7 Å². The lowest BCUT2D eigenvalue weighted by Gasteiger charge is -2.07. The minimum absolute atomic E-state index is 0.189. The molecule has 0 bridgehead atoms. The van der Waals surface area contributed by atoms with Gasteiger partial charge in [0.1, 0.15) is 5.82 Å². The third kappa shape index (κ3) is 4.68. The largest absolute Gasteiger partial charge is 0.343 e. The van der Waals surface area contributed by atoms with Crippen molar-refractivity contribution in [3.63, 3.8) is 0 Å². The van der Waals surface area contributed by atoms with Gasteiger partial charge in [-0.25, -0.2) is 4.39 Å². The lowest BCUT2D eigenvalue weighted by Crippen LogP contribution is -2.32. The van der Waals surface area contributed by atoms with Gasteiger partial charge in [-0.2, -0.15) is 0 Å². The van der Waals surface area contributed by atoms with E-state index in [0.29, 0.717) is 11.3 Å². The number of anilines is 1. The fraction of sp³-hybridized carbons (Fsp3) is 0.0667. The van der Waals surface area contributed by atoms with Gasteiger partial charge in [-0.3, -0.25) is 9.59 Å². The van der Waals surface area contributed by atoms with E-state index in [1.54, 1.807) is 30.3 Å². The number of hydrogen-bond acceptors (Lipinski definition) is 2. The summed E-state index contributed by atoms with van der Waals surface area (Å²) in [5, 5.41) is 4.99. The van der Waals surface area contributed by atoms with E-state index in [9.17, 15) is 14.0 Å². The van der Waals surface area contributed by atoms with Crippen LogP contribution in [0.4, 0.5) is 10.1 Å². The van der Waals surface area contributed by atoms with Crippen LogP contribution in [0.3, 0.4) is 0 Å². The second-order valence-corrected chi connectivity index (χ2v) is 5.16. The molecule has 2 aromatic carbocycles. The topological polar surface area (TPSA) is 58.2 Å². The molecule has 0 aliphatic rings. The summed E-state index contributed by atoms with van der Waals surface area (Å²) in [4.78, 5) is 23.5. The summed E-state index contributed by atoms with van der Waals surface area (Å²) in [6.45, 7) is -0.189. The van der Waals surface area contributed by atoms with Crippen LogP contribution in [0.2, 0.25) is 0 Å². The van der Waals surface area contributed by atoms with Crippen molar-refractivity contribution in [3.8, 4) is 0 Å². The molecule has 2 N–H and O–H groups in total. The van der Waals surface area contributed by atoms with Gasteiger partial charge in [-0.1, -0.05) is 22.0 Å². The average molecular weight is 351 g/mol. The Bertz CT molecular complexity index is 659. The van der Waals surface area contributed by atoms with Crippen molar-refractivity contribution in [2.24, 2.45) is 0 Å². The normalized spacial score (nSPS) is 10.0. The molecule has 0 saturated heterocycles. The fourth-order valence-corrected chi connectivity index (χ4v) is 1.90. The van der Waals surface area contributed by atoms with Crippen LogP contribution in [0.15, 0.2) is 53.0 Å². The highest BCUT2D eigenvalue weighted by Crippen LogP contribution is 2.10. The molecule has 0 saturated carbocycles. The number of nitrogens with one attached hydrogen (secondary N) is 2. The first-order valence-electron chi connectivity index (χ1n) is 6.14. The number of benzene rings is 2. The van der Waals surface area contributed by atoms with Crippen molar-refractivity contribution < 1.29 is 14.0 Å². The Morgan fingerprint density at radius 1 is 1.10 bits per heavy atom. The molecule has 0 heterocycles. The van der Waals surface area contributed by atoms with Crippen LogP contribution in [0, 0.1) is 5.82 Å². The number of hydrogen-bond donors (Lipinski definition) is 2. The molecular weight excluding hydrogens is 339 g/mol. The van der Waals surface area contributed by atoms with E-state index in [0.717, 1.165) is 4.47 Å². The summed E-state index contributed by atoms with van der Waals surface area (Å²) < 4.78 is 13.8. The first-order valence-corrected chi connectivity index (χ1v) is 6.93. The summed E-state index contributed by atoms with van der Waals surface area (Å²) in [5.41, 5.74) is 0.801. The molecule has 0 fully saturated rings. The highest BCUT2D eigenvalue weighted by atomic mass is 79.9. The number of carbonyl (C=O) groups excluding carboxylic acids is 2. The molecule has 108 valence electrons. The van der Waals surface area contributed by atoms with E-state index in [2.05, 4.69) is 26.6 Å². The van der Waals surface area contributed by atoms with Crippen LogP contribution in [-0.4, -0.2) is 18.4 Å². The zero-order chi connectivity index (χ0) is 15.2.